The first kappa shape index (κ1) is 21.7. The molecule has 0 saturated carbocycles. The molecular formula is C23H23Cl2N3O3. The predicted molar refractivity (Wildman–Crippen MR) is 124 cm³/mol. The van der Waals surface area contributed by atoms with Gasteiger partial charge in [0.1, 0.15) is 12.4 Å². The van der Waals surface area contributed by atoms with Crippen molar-refractivity contribution in [2.75, 3.05) is 51.3 Å². The number of aromatic nitrogens is 1. The predicted octanol–water partition coefficient (Wildman–Crippen LogP) is 4.53. The van der Waals surface area contributed by atoms with E-state index in [9.17, 15) is 4.79 Å². The Morgan fingerprint density at radius 2 is 1.77 bits per heavy atom. The molecule has 1 saturated heterocycles. The van der Waals surface area contributed by atoms with E-state index >= 15 is 0 Å². The van der Waals surface area contributed by atoms with E-state index < -0.39 is 5.97 Å². The van der Waals surface area contributed by atoms with Crippen LogP contribution < -0.4 is 9.64 Å². The van der Waals surface area contributed by atoms with E-state index in [0.29, 0.717) is 28.7 Å². The standard InChI is InChI=1S/C23H23Cl2N3O3/c1-30-18-5-3-17(4-6-18)28-10-8-27(9-11-28)12-13-31-23(29)22-15-20(25)19-7-2-16(24)14-21(19)26-22/h2-7,14-15H,8-13H2,1H3. The molecule has 4 rings (SSSR count). The second-order valence-electron chi connectivity index (χ2n) is 7.31. The van der Waals surface area contributed by atoms with Gasteiger partial charge in [-0.1, -0.05) is 23.2 Å². The van der Waals surface area contributed by atoms with E-state index in [1.807, 2.05) is 12.1 Å². The van der Waals surface area contributed by atoms with Crippen molar-refractivity contribution in [3.63, 3.8) is 0 Å². The molecule has 0 atom stereocenters. The molecule has 8 heteroatoms. The van der Waals surface area contributed by atoms with Gasteiger partial charge in [-0.3, -0.25) is 4.90 Å². The van der Waals surface area contributed by atoms with Crippen LogP contribution in [0.4, 0.5) is 5.69 Å². The van der Waals surface area contributed by atoms with Crippen molar-refractivity contribution in [1.82, 2.24) is 9.88 Å². The number of halogens is 2. The van der Waals surface area contributed by atoms with Crippen LogP contribution in [0.2, 0.25) is 10.0 Å². The number of nitrogens with zero attached hydrogens (tertiary/aromatic N) is 3. The molecule has 3 aromatic rings. The SMILES string of the molecule is COc1ccc(N2CCN(CCOC(=O)c3cc(Cl)c4ccc(Cl)cc4n3)CC2)cc1. The summed E-state index contributed by atoms with van der Waals surface area (Å²) >= 11 is 12.3. The number of methoxy groups -OCH3 is 1. The maximum atomic E-state index is 12.4. The number of hydrogen-bond acceptors (Lipinski definition) is 6. The zero-order valence-electron chi connectivity index (χ0n) is 17.2. The third-order valence-electron chi connectivity index (χ3n) is 5.38. The number of ether oxygens (including phenoxy) is 2. The molecule has 0 amide bonds. The van der Waals surface area contributed by atoms with Gasteiger partial charge in [0.2, 0.25) is 0 Å². The van der Waals surface area contributed by atoms with E-state index in [1.165, 1.54) is 11.8 Å². The summed E-state index contributed by atoms with van der Waals surface area (Å²) < 4.78 is 10.7. The number of anilines is 1. The fourth-order valence-corrected chi connectivity index (χ4v) is 4.06. The van der Waals surface area contributed by atoms with Gasteiger partial charge in [0, 0.05) is 48.8 Å². The maximum absolute atomic E-state index is 12.4. The highest BCUT2D eigenvalue weighted by atomic mass is 35.5. The number of pyridine rings is 1. The molecule has 162 valence electrons. The Kier molecular flexibility index (Phi) is 6.80. The highest BCUT2D eigenvalue weighted by Crippen LogP contribution is 2.26. The van der Waals surface area contributed by atoms with Gasteiger partial charge in [0.05, 0.1) is 17.6 Å². The third kappa shape index (κ3) is 5.21. The minimum absolute atomic E-state index is 0.184. The van der Waals surface area contributed by atoms with Gasteiger partial charge < -0.3 is 14.4 Å². The highest BCUT2D eigenvalue weighted by Gasteiger charge is 2.18. The fourth-order valence-electron chi connectivity index (χ4n) is 3.63. The van der Waals surface area contributed by atoms with Crippen LogP contribution in [0.1, 0.15) is 10.5 Å². The van der Waals surface area contributed by atoms with Crippen molar-refractivity contribution in [1.29, 1.82) is 0 Å². The molecule has 2 aromatic carbocycles. The molecule has 0 bridgehead atoms. The molecule has 1 aromatic heterocycles. The Labute approximate surface area is 191 Å². The number of fused-ring (bicyclic) bond motifs is 1. The molecule has 0 N–H and O–H groups in total. The minimum Gasteiger partial charge on any atom is -0.497 e. The van der Waals surface area contributed by atoms with Crippen LogP contribution in [0.3, 0.4) is 0 Å². The molecule has 2 heterocycles. The molecule has 1 fully saturated rings. The van der Waals surface area contributed by atoms with E-state index in [4.69, 9.17) is 32.7 Å². The van der Waals surface area contributed by atoms with Crippen LogP contribution in [0.25, 0.3) is 10.9 Å². The van der Waals surface area contributed by atoms with Crippen LogP contribution in [-0.2, 0) is 4.74 Å². The lowest BCUT2D eigenvalue weighted by Gasteiger charge is -2.36. The summed E-state index contributed by atoms with van der Waals surface area (Å²) in [6.07, 6.45) is 0. The number of hydrogen-bond donors (Lipinski definition) is 0. The summed E-state index contributed by atoms with van der Waals surface area (Å²) in [6, 6.07) is 14.8. The van der Waals surface area contributed by atoms with Crippen molar-refractivity contribution < 1.29 is 14.3 Å². The molecule has 6 nitrogen and oxygen atoms in total. The molecule has 31 heavy (non-hydrogen) atoms. The number of carbonyl (C=O) groups is 1. The first-order valence-electron chi connectivity index (χ1n) is 10.1. The summed E-state index contributed by atoms with van der Waals surface area (Å²) in [6.45, 7) is 4.62. The van der Waals surface area contributed by atoms with Crippen LogP contribution in [0.5, 0.6) is 5.75 Å². The van der Waals surface area contributed by atoms with Crippen molar-refractivity contribution in [3.8, 4) is 5.75 Å². The molecular weight excluding hydrogens is 437 g/mol. The number of rotatable bonds is 6. The monoisotopic (exact) mass is 459 g/mol. The van der Waals surface area contributed by atoms with Gasteiger partial charge >= 0.3 is 5.97 Å². The Hall–Kier alpha value is -2.54. The Bertz CT molecular complexity index is 1070. The average Bonchev–Trinajstić information content (AvgIpc) is 2.79. The normalized spacial score (nSPS) is 14.6. The quantitative estimate of drug-likeness (QED) is 0.504. The van der Waals surface area contributed by atoms with Gasteiger partial charge in [0.15, 0.2) is 5.69 Å². The molecule has 1 aliphatic rings. The summed E-state index contributed by atoms with van der Waals surface area (Å²) in [7, 11) is 1.67. The summed E-state index contributed by atoms with van der Waals surface area (Å²) in [5, 5.41) is 1.73. The zero-order valence-corrected chi connectivity index (χ0v) is 18.7. The largest absolute Gasteiger partial charge is 0.497 e. The Morgan fingerprint density at radius 3 is 2.48 bits per heavy atom. The van der Waals surface area contributed by atoms with Gasteiger partial charge in [-0.25, -0.2) is 9.78 Å². The molecule has 1 aliphatic heterocycles. The number of benzene rings is 2. The summed E-state index contributed by atoms with van der Waals surface area (Å²) in [5.41, 5.74) is 1.94. The average molecular weight is 460 g/mol. The van der Waals surface area contributed by atoms with Gasteiger partial charge in [0.25, 0.3) is 0 Å². The molecule has 0 unspecified atom stereocenters. The van der Waals surface area contributed by atoms with Gasteiger partial charge in [-0.2, -0.15) is 0 Å². The smallest absolute Gasteiger partial charge is 0.357 e. The van der Waals surface area contributed by atoms with Crippen LogP contribution in [-0.4, -0.2) is 62.3 Å². The van der Waals surface area contributed by atoms with Crippen LogP contribution in [0.15, 0.2) is 48.5 Å². The lowest BCUT2D eigenvalue weighted by atomic mass is 10.2. The fraction of sp³-hybridized carbons (Fsp3) is 0.304. The van der Waals surface area contributed by atoms with Gasteiger partial charge in [-0.15, -0.1) is 0 Å². The van der Waals surface area contributed by atoms with E-state index in [2.05, 4.69) is 26.9 Å². The van der Waals surface area contributed by atoms with Crippen molar-refractivity contribution >= 4 is 45.8 Å². The number of piperazine rings is 1. The Balaban J connectivity index is 1.27. The van der Waals surface area contributed by atoms with E-state index in [1.54, 1.807) is 25.3 Å². The molecule has 0 radical (unpaired) electrons. The van der Waals surface area contributed by atoms with Crippen LogP contribution in [0, 0.1) is 0 Å². The minimum atomic E-state index is -0.486. The summed E-state index contributed by atoms with van der Waals surface area (Å²) in [4.78, 5) is 21.4. The van der Waals surface area contributed by atoms with Crippen molar-refractivity contribution in [2.24, 2.45) is 0 Å². The lowest BCUT2D eigenvalue weighted by Crippen LogP contribution is -2.47. The second kappa shape index (κ2) is 9.73. The number of esters is 1. The molecule has 0 spiro atoms. The van der Waals surface area contributed by atoms with Crippen molar-refractivity contribution in [3.05, 3.63) is 64.3 Å². The van der Waals surface area contributed by atoms with E-state index in [0.717, 1.165) is 37.3 Å². The van der Waals surface area contributed by atoms with Crippen LogP contribution >= 0.6 is 23.2 Å². The highest BCUT2D eigenvalue weighted by molar-refractivity contribution is 6.36. The summed E-state index contributed by atoms with van der Waals surface area (Å²) in [5.74, 6) is 0.370. The van der Waals surface area contributed by atoms with Crippen molar-refractivity contribution in [2.45, 2.75) is 0 Å². The topological polar surface area (TPSA) is 54.9 Å². The third-order valence-corrected chi connectivity index (χ3v) is 5.93. The first-order valence-corrected chi connectivity index (χ1v) is 10.8. The maximum Gasteiger partial charge on any atom is 0.357 e. The van der Waals surface area contributed by atoms with E-state index in [-0.39, 0.29) is 5.69 Å². The van der Waals surface area contributed by atoms with Gasteiger partial charge in [-0.05, 0) is 48.5 Å². The second-order valence-corrected chi connectivity index (χ2v) is 8.16. The zero-order chi connectivity index (χ0) is 21.8. The molecule has 0 aliphatic carbocycles. The number of carbonyl (C=O) groups excluding carboxylic acids is 1. The Morgan fingerprint density at radius 1 is 1.03 bits per heavy atom. The lowest BCUT2D eigenvalue weighted by molar-refractivity contribution is 0.0453. The first-order chi connectivity index (χ1) is 15.0.